The van der Waals surface area contributed by atoms with E-state index in [1.807, 2.05) is 80.6 Å². The molecule has 3 aromatic rings. The molecule has 3 aromatic carbocycles. The summed E-state index contributed by atoms with van der Waals surface area (Å²) >= 11 is 12.2. The largest absolute Gasteiger partial charge is 0.485 e. The van der Waals surface area contributed by atoms with Crippen molar-refractivity contribution < 1.29 is 9.53 Å². The molecule has 1 N–H and O–H groups in total. The van der Waals surface area contributed by atoms with E-state index in [9.17, 15) is 4.79 Å². The first-order valence-electron chi connectivity index (χ1n) is 10.8. The predicted octanol–water partition coefficient (Wildman–Crippen LogP) is 6.74. The number of nitrogens with zero attached hydrogens (tertiary/aromatic N) is 2. The van der Waals surface area contributed by atoms with Gasteiger partial charge in [0.25, 0.3) is 0 Å². The summed E-state index contributed by atoms with van der Waals surface area (Å²) in [5.74, 6) is 0.636. The average molecular weight is 480 g/mol. The lowest BCUT2D eigenvalue weighted by Crippen LogP contribution is -2.30. The molecule has 2 amide bonds. The van der Waals surface area contributed by atoms with Crippen LogP contribution < -0.4 is 10.1 Å². The Morgan fingerprint density at radius 2 is 1.70 bits per heavy atom. The summed E-state index contributed by atoms with van der Waals surface area (Å²) in [6.45, 7) is 4.49. The molecule has 2 aliphatic heterocycles. The Labute approximate surface area is 203 Å². The lowest BCUT2D eigenvalue weighted by Gasteiger charge is -2.19. The summed E-state index contributed by atoms with van der Waals surface area (Å²) in [6, 6.07) is 20.7. The Bertz CT molecular complexity index is 1240. The second kappa shape index (κ2) is 8.40. The third-order valence-electron chi connectivity index (χ3n) is 5.89. The smallest absolute Gasteiger partial charge is 0.342 e. The van der Waals surface area contributed by atoms with E-state index in [0.717, 1.165) is 34.6 Å². The van der Waals surface area contributed by atoms with E-state index in [1.165, 1.54) is 5.01 Å². The fraction of sp³-hybridized carbons (Fsp3) is 0.231. The fourth-order valence-corrected chi connectivity index (χ4v) is 4.61. The molecule has 0 radical (unpaired) electrons. The number of carbonyl (C=O) groups is 1. The molecule has 0 saturated carbocycles. The molecule has 1 unspecified atom stereocenters. The lowest BCUT2D eigenvalue weighted by atomic mass is 9.91. The third kappa shape index (κ3) is 4.43. The predicted molar refractivity (Wildman–Crippen MR) is 133 cm³/mol. The molecule has 0 bridgehead atoms. The maximum absolute atomic E-state index is 13.2. The number of anilines is 1. The Morgan fingerprint density at radius 3 is 2.39 bits per heavy atom. The van der Waals surface area contributed by atoms with Crippen molar-refractivity contribution in [1.29, 1.82) is 0 Å². The fourth-order valence-electron chi connectivity index (χ4n) is 4.36. The molecule has 2 aliphatic rings. The number of rotatable bonds is 3. The van der Waals surface area contributed by atoms with Gasteiger partial charge in [0.1, 0.15) is 11.4 Å². The first-order chi connectivity index (χ1) is 15.8. The van der Waals surface area contributed by atoms with Crippen LogP contribution in [0.3, 0.4) is 0 Å². The zero-order valence-electron chi connectivity index (χ0n) is 18.3. The third-order valence-corrected chi connectivity index (χ3v) is 6.40. The quantitative estimate of drug-likeness (QED) is 0.451. The highest BCUT2D eigenvalue weighted by Gasteiger charge is 2.35. The maximum atomic E-state index is 13.2. The minimum Gasteiger partial charge on any atom is -0.485 e. The first-order valence-corrected chi connectivity index (χ1v) is 11.5. The van der Waals surface area contributed by atoms with Crippen molar-refractivity contribution in [3.63, 3.8) is 0 Å². The van der Waals surface area contributed by atoms with Crippen LogP contribution in [0.4, 0.5) is 10.5 Å². The highest BCUT2D eigenvalue weighted by atomic mass is 35.5. The van der Waals surface area contributed by atoms with Gasteiger partial charge in [0.15, 0.2) is 0 Å². The number of nitrogens with one attached hydrogen (secondary N) is 1. The van der Waals surface area contributed by atoms with Crippen molar-refractivity contribution in [2.75, 3.05) is 11.9 Å². The number of carbonyl (C=O) groups excluding carboxylic acids is 1. The van der Waals surface area contributed by atoms with E-state index in [1.54, 1.807) is 0 Å². The van der Waals surface area contributed by atoms with Gasteiger partial charge < -0.3 is 10.1 Å². The van der Waals surface area contributed by atoms with Crippen molar-refractivity contribution in [3.05, 3.63) is 93.5 Å². The molecule has 1 atom stereocenters. The second-order valence-electron chi connectivity index (χ2n) is 8.94. The minimum absolute atomic E-state index is 0.0918. The number of hydrogen-bond acceptors (Lipinski definition) is 3. The normalized spacial score (nSPS) is 18.5. The molecule has 33 heavy (non-hydrogen) atoms. The van der Waals surface area contributed by atoms with Gasteiger partial charge in [-0.1, -0.05) is 59.6 Å². The van der Waals surface area contributed by atoms with Crippen LogP contribution in [0.2, 0.25) is 10.0 Å². The number of ether oxygens (including phenoxy) is 1. The van der Waals surface area contributed by atoms with Gasteiger partial charge in [-0.05, 0) is 55.3 Å². The van der Waals surface area contributed by atoms with Gasteiger partial charge in [0.2, 0.25) is 0 Å². The number of urea groups is 1. The number of fused-ring (bicyclic) bond motifs is 1. The van der Waals surface area contributed by atoms with Gasteiger partial charge in [-0.2, -0.15) is 5.10 Å². The molecule has 5 nitrogen and oxygen atoms in total. The molecular formula is C26H23Cl2N3O2. The molecule has 7 heteroatoms. The highest BCUT2D eigenvalue weighted by Crippen LogP contribution is 2.40. The van der Waals surface area contributed by atoms with Crippen LogP contribution in [0.5, 0.6) is 5.75 Å². The minimum atomic E-state index is -0.306. The van der Waals surface area contributed by atoms with Crippen LogP contribution >= 0.6 is 23.2 Å². The summed E-state index contributed by atoms with van der Waals surface area (Å²) in [5, 5.41) is 10.5. The van der Waals surface area contributed by atoms with Crippen molar-refractivity contribution in [1.82, 2.24) is 5.01 Å². The van der Waals surface area contributed by atoms with Gasteiger partial charge in [0, 0.05) is 27.9 Å². The SMILES string of the molecule is CC1(C)Cc2cccc(NC(=O)N3CC(c4ccc(Cl)cc4)C(c4ccc(Cl)cc4)=N3)c2O1. The summed E-state index contributed by atoms with van der Waals surface area (Å²) < 4.78 is 6.10. The number of amides is 2. The van der Waals surface area contributed by atoms with E-state index in [4.69, 9.17) is 33.0 Å². The van der Waals surface area contributed by atoms with Gasteiger partial charge in [0.05, 0.1) is 17.9 Å². The van der Waals surface area contributed by atoms with Gasteiger partial charge in [-0.3, -0.25) is 0 Å². The van der Waals surface area contributed by atoms with Crippen LogP contribution in [0.15, 0.2) is 71.8 Å². The number of benzene rings is 3. The van der Waals surface area contributed by atoms with E-state index in [0.29, 0.717) is 22.3 Å². The number of para-hydroxylation sites is 1. The Kier molecular flexibility index (Phi) is 5.55. The van der Waals surface area contributed by atoms with Crippen molar-refractivity contribution in [2.45, 2.75) is 31.8 Å². The molecule has 0 fully saturated rings. The molecule has 0 saturated heterocycles. The van der Waals surface area contributed by atoms with E-state index in [-0.39, 0.29) is 17.6 Å². The first kappa shape index (κ1) is 21.8. The van der Waals surface area contributed by atoms with E-state index < -0.39 is 0 Å². The standard InChI is InChI=1S/C26H23Cl2N3O2/c1-26(2)14-18-4-3-5-22(24(18)33-26)29-25(32)31-15-21(16-6-10-19(27)11-7-16)23(30-31)17-8-12-20(28)13-9-17/h3-13,21H,14-15H2,1-2H3,(H,29,32). The van der Waals surface area contributed by atoms with Crippen LogP contribution in [0.1, 0.15) is 36.5 Å². The highest BCUT2D eigenvalue weighted by molar-refractivity contribution is 6.31. The molecule has 168 valence electrons. The number of hydrogen-bond donors (Lipinski definition) is 1. The summed E-state index contributed by atoms with van der Waals surface area (Å²) in [5.41, 5.74) is 4.20. The van der Waals surface area contributed by atoms with E-state index in [2.05, 4.69) is 5.32 Å². The van der Waals surface area contributed by atoms with Crippen LogP contribution in [-0.2, 0) is 6.42 Å². The van der Waals surface area contributed by atoms with Crippen LogP contribution in [-0.4, -0.2) is 28.9 Å². The maximum Gasteiger partial charge on any atom is 0.342 e. The summed E-state index contributed by atoms with van der Waals surface area (Å²) in [7, 11) is 0. The van der Waals surface area contributed by atoms with Crippen molar-refractivity contribution in [2.24, 2.45) is 5.10 Å². The second-order valence-corrected chi connectivity index (χ2v) is 9.81. The molecular weight excluding hydrogens is 457 g/mol. The summed E-state index contributed by atoms with van der Waals surface area (Å²) in [6.07, 6.45) is 0.799. The topological polar surface area (TPSA) is 53.9 Å². The van der Waals surface area contributed by atoms with Gasteiger partial charge >= 0.3 is 6.03 Å². The molecule has 0 spiro atoms. The van der Waals surface area contributed by atoms with E-state index >= 15 is 0 Å². The average Bonchev–Trinajstić information content (AvgIpc) is 3.36. The van der Waals surface area contributed by atoms with Crippen LogP contribution in [0, 0.1) is 0 Å². The molecule has 0 aliphatic carbocycles. The molecule has 0 aromatic heterocycles. The zero-order valence-corrected chi connectivity index (χ0v) is 19.8. The summed E-state index contributed by atoms with van der Waals surface area (Å²) in [4.78, 5) is 13.2. The zero-order chi connectivity index (χ0) is 23.2. The lowest BCUT2D eigenvalue weighted by molar-refractivity contribution is 0.139. The Balaban J connectivity index is 1.44. The molecule has 2 heterocycles. The van der Waals surface area contributed by atoms with Gasteiger partial charge in [-0.15, -0.1) is 0 Å². The Morgan fingerprint density at radius 1 is 1.03 bits per heavy atom. The van der Waals surface area contributed by atoms with Gasteiger partial charge in [-0.25, -0.2) is 9.80 Å². The molecule has 5 rings (SSSR count). The van der Waals surface area contributed by atoms with Crippen molar-refractivity contribution >= 4 is 40.6 Å². The monoisotopic (exact) mass is 479 g/mol. The number of hydrazone groups is 1. The van der Waals surface area contributed by atoms with Crippen molar-refractivity contribution in [3.8, 4) is 5.75 Å². The number of halogens is 2. The Hall–Kier alpha value is -3.02. The van der Waals surface area contributed by atoms with Crippen LogP contribution in [0.25, 0.3) is 0 Å².